The molecule has 0 bridgehead atoms. The third-order valence-electron chi connectivity index (χ3n) is 7.58. The summed E-state index contributed by atoms with van der Waals surface area (Å²) in [6, 6.07) is 12.4. The predicted molar refractivity (Wildman–Crippen MR) is 148 cm³/mol. The minimum atomic E-state index is -1.58. The van der Waals surface area contributed by atoms with Crippen molar-refractivity contribution in [2.24, 2.45) is 0 Å². The van der Waals surface area contributed by atoms with Gasteiger partial charge in [-0.05, 0) is 57.7 Å². The Bertz CT molecular complexity index is 1170. The van der Waals surface area contributed by atoms with E-state index in [2.05, 4.69) is 10.6 Å². The van der Waals surface area contributed by atoms with Crippen molar-refractivity contribution < 1.29 is 24.6 Å². The number of carbonyl (C=O) groups excluding carboxylic acids is 3. The molecule has 4 N–H and O–H groups in total. The Morgan fingerprint density at radius 3 is 2.45 bits per heavy atom. The zero-order valence-electron chi connectivity index (χ0n) is 22.1. The smallest absolute Gasteiger partial charge is 0.254 e. The zero-order chi connectivity index (χ0) is 27.4. The van der Waals surface area contributed by atoms with E-state index in [1.54, 1.807) is 19.1 Å². The van der Waals surface area contributed by atoms with Crippen molar-refractivity contribution in [3.8, 4) is 5.75 Å². The molecule has 1 aliphatic heterocycles. The van der Waals surface area contributed by atoms with Crippen LogP contribution >= 0.6 is 11.8 Å². The van der Waals surface area contributed by atoms with Gasteiger partial charge < -0.3 is 25.7 Å². The Kier molecular flexibility index (Phi) is 8.67. The number of benzene rings is 2. The second kappa shape index (κ2) is 11.8. The molecule has 0 aromatic heterocycles. The number of hydrogen-bond donors (Lipinski definition) is 4. The summed E-state index contributed by atoms with van der Waals surface area (Å²) in [7, 11) is 0. The lowest BCUT2D eigenvalue weighted by atomic mass is 9.96. The molecule has 8 nitrogen and oxygen atoms in total. The second-order valence-corrected chi connectivity index (χ2v) is 12.3. The predicted octanol–water partition coefficient (Wildman–Crippen LogP) is 3.14. The highest BCUT2D eigenvalue weighted by Crippen LogP contribution is 2.40. The van der Waals surface area contributed by atoms with Crippen LogP contribution in [-0.2, 0) is 16.0 Å². The summed E-state index contributed by atoms with van der Waals surface area (Å²) >= 11 is 1.50. The van der Waals surface area contributed by atoms with Gasteiger partial charge in [0, 0.05) is 21.9 Å². The largest absolute Gasteiger partial charge is 0.508 e. The van der Waals surface area contributed by atoms with Gasteiger partial charge in [-0.2, -0.15) is 0 Å². The molecule has 1 saturated carbocycles. The minimum Gasteiger partial charge on any atom is -0.508 e. The number of nitrogens with one attached hydrogen (secondary N) is 2. The average molecular weight is 540 g/mol. The molecule has 1 saturated heterocycles. The van der Waals surface area contributed by atoms with Gasteiger partial charge in [-0.25, -0.2) is 0 Å². The fraction of sp³-hybridized carbons (Fsp3) is 0.483. The highest BCUT2D eigenvalue weighted by atomic mass is 32.2. The summed E-state index contributed by atoms with van der Waals surface area (Å²) in [5.41, 5.74) is 1.50. The third kappa shape index (κ3) is 6.15. The van der Waals surface area contributed by atoms with Crippen LogP contribution in [0.5, 0.6) is 5.75 Å². The van der Waals surface area contributed by atoms with Crippen LogP contribution in [0.15, 0.2) is 48.5 Å². The summed E-state index contributed by atoms with van der Waals surface area (Å²) in [6.45, 7) is 5.50. The van der Waals surface area contributed by atoms with Gasteiger partial charge in [-0.1, -0.05) is 49.2 Å². The summed E-state index contributed by atoms with van der Waals surface area (Å²) in [5.74, 6) is -1.04. The van der Waals surface area contributed by atoms with Gasteiger partial charge in [-0.3, -0.25) is 14.4 Å². The quantitative estimate of drug-likeness (QED) is 0.409. The van der Waals surface area contributed by atoms with Crippen molar-refractivity contribution in [3.63, 3.8) is 0 Å². The monoisotopic (exact) mass is 539 g/mol. The zero-order valence-corrected chi connectivity index (χ0v) is 23.0. The minimum absolute atomic E-state index is 0.0127. The fourth-order valence-electron chi connectivity index (χ4n) is 5.33. The number of rotatable bonds is 8. The topological polar surface area (TPSA) is 119 Å². The summed E-state index contributed by atoms with van der Waals surface area (Å²) < 4.78 is -0.533. The highest BCUT2D eigenvalue weighted by molar-refractivity contribution is 8.00. The molecule has 2 aromatic carbocycles. The normalized spacial score (nSPS) is 20.6. The number of aliphatic hydroxyl groups is 1. The van der Waals surface area contributed by atoms with Crippen LogP contribution in [0.1, 0.15) is 61.0 Å². The number of phenols is 1. The van der Waals surface area contributed by atoms with Crippen LogP contribution in [0.25, 0.3) is 0 Å². The van der Waals surface area contributed by atoms with Gasteiger partial charge in [0.1, 0.15) is 11.8 Å². The maximum atomic E-state index is 13.7. The summed E-state index contributed by atoms with van der Waals surface area (Å²) in [4.78, 5) is 41.8. The van der Waals surface area contributed by atoms with Gasteiger partial charge in [0.05, 0.1) is 11.9 Å². The molecule has 38 heavy (non-hydrogen) atoms. The van der Waals surface area contributed by atoms with E-state index in [0.717, 1.165) is 31.2 Å². The Morgan fingerprint density at radius 2 is 1.76 bits per heavy atom. The molecule has 3 amide bonds. The molecule has 2 aromatic rings. The third-order valence-corrected chi connectivity index (χ3v) is 8.95. The molecule has 3 atom stereocenters. The van der Waals surface area contributed by atoms with E-state index >= 15 is 0 Å². The van der Waals surface area contributed by atoms with Crippen LogP contribution in [0.3, 0.4) is 0 Å². The summed E-state index contributed by atoms with van der Waals surface area (Å²) in [6.07, 6.45) is 2.65. The first-order valence-corrected chi connectivity index (χ1v) is 14.1. The van der Waals surface area contributed by atoms with Crippen molar-refractivity contribution in [2.75, 3.05) is 5.88 Å². The van der Waals surface area contributed by atoms with E-state index in [-0.39, 0.29) is 35.6 Å². The molecule has 2 fully saturated rings. The van der Waals surface area contributed by atoms with E-state index in [1.807, 2.05) is 44.2 Å². The van der Waals surface area contributed by atoms with Crippen LogP contribution in [-0.4, -0.2) is 67.7 Å². The molecule has 0 unspecified atom stereocenters. The lowest BCUT2D eigenvalue weighted by molar-refractivity contribution is -0.147. The number of phenolic OH excluding ortho intramolecular Hbond substituents is 1. The molecule has 204 valence electrons. The molecule has 1 heterocycles. The van der Waals surface area contributed by atoms with E-state index in [1.165, 1.54) is 22.7 Å². The molecule has 2 aliphatic rings. The fourth-order valence-corrected chi connectivity index (χ4v) is 6.47. The lowest BCUT2D eigenvalue weighted by Gasteiger charge is -2.34. The van der Waals surface area contributed by atoms with Crippen LogP contribution in [0, 0.1) is 6.92 Å². The van der Waals surface area contributed by atoms with Crippen LogP contribution in [0.2, 0.25) is 0 Å². The number of carbonyl (C=O) groups is 3. The number of aliphatic hydroxyl groups excluding tert-OH is 1. The average Bonchev–Trinajstić information content (AvgIpc) is 3.51. The highest BCUT2D eigenvalue weighted by Gasteiger charge is 2.50. The van der Waals surface area contributed by atoms with Gasteiger partial charge in [0.2, 0.25) is 5.91 Å². The van der Waals surface area contributed by atoms with Gasteiger partial charge in [0.25, 0.3) is 11.8 Å². The van der Waals surface area contributed by atoms with Crippen LogP contribution in [0.4, 0.5) is 0 Å². The summed E-state index contributed by atoms with van der Waals surface area (Å²) in [5, 5.41) is 27.4. The van der Waals surface area contributed by atoms with E-state index in [4.69, 9.17) is 0 Å². The molecule has 1 aliphatic carbocycles. The van der Waals surface area contributed by atoms with E-state index < -0.39 is 34.7 Å². The SMILES string of the molecule is Cc1c(O)cccc1C(=O)N[C@@H](Cc1ccccc1)[C@H](O)C(=O)N1CSC(C)(C)[C@H]1C(=O)NC1CCCC1. The van der Waals surface area contributed by atoms with Gasteiger partial charge in [0.15, 0.2) is 6.10 Å². The van der Waals surface area contributed by atoms with E-state index in [9.17, 15) is 24.6 Å². The molecular formula is C29H37N3O5S. The standard InChI is InChI=1S/C29H37N3O5S/c1-18-21(14-9-15-23(18)33)26(35)31-22(16-19-10-5-4-6-11-19)24(34)28(37)32-17-38-29(2,3)25(32)27(36)30-20-12-7-8-13-20/h4-6,9-11,14-15,20,22,24-25,33-34H,7-8,12-13,16-17H2,1-3H3,(H,30,36)(H,31,35)/t22-,24-,25+/m0/s1. The van der Waals surface area contributed by atoms with Gasteiger partial charge >= 0.3 is 0 Å². The second-order valence-electron chi connectivity index (χ2n) is 10.7. The number of aromatic hydroxyl groups is 1. The molecular weight excluding hydrogens is 502 g/mol. The van der Waals surface area contributed by atoms with Crippen molar-refractivity contribution in [2.45, 2.75) is 81.9 Å². The Hall–Kier alpha value is -3.04. The van der Waals surface area contributed by atoms with Crippen molar-refractivity contribution in [1.82, 2.24) is 15.5 Å². The Labute approximate surface area is 228 Å². The Morgan fingerprint density at radius 1 is 1.08 bits per heavy atom. The van der Waals surface area contributed by atoms with Gasteiger partial charge in [-0.15, -0.1) is 11.8 Å². The van der Waals surface area contributed by atoms with Crippen molar-refractivity contribution in [3.05, 3.63) is 65.2 Å². The number of nitrogens with zero attached hydrogens (tertiary/aromatic N) is 1. The first-order chi connectivity index (χ1) is 18.1. The first kappa shape index (κ1) is 28.0. The van der Waals surface area contributed by atoms with Crippen molar-refractivity contribution >= 4 is 29.5 Å². The van der Waals surface area contributed by atoms with Crippen molar-refractivity contribution in [1.29, 1.82) is 0 Å². The molecule has 4 rings (SSSR count). The lowest BCUT2D eigenvalue weighted by Crippen LogP contribution is -2.59. The number of amides is 3. The number of hydrogen-bond acceptors (Lipinski definition) is 6. The maximum Gasteiger partial charge on any atom is 0.254 e. The molecule has 0 radical (unpaired) electrons. The first-order valence-electron chi connectivity index (χ1n) is 13.1. The number of thioether (sulfide) groups is 1. The molecule has 9 heteroatoms. The maximum absolute atomic E-state index is 13.7. The van der Waals surface area contributed by atoms with E-state index in [0.29, 0.717) is 5.56 Å². The van der Waals surface area contributed by atoms with Crippen LogP contribution < -0.4 is 10.6 Å². The molecule has 0 spiro atoms. The Balaban J connectivity index is 1.57.